The number of hydrogen-bond acceptors (Lipinski definition) is 3. The van der Waals surface area contributed by atoms with Crippen molar-refractivity contribution < 1.29 is 17.6 Å². The molecule has 2 aromatic rings. The fourth-order valence-corrected chi connectivity index (χ4v) is 3.20. The minimum Gasteiger partial charge on any atom is -0.295 e. The number of nitrogens with zero attached hydrogens (tertiary/aromatic N) is 1. The van der Waals surface area contributed by atoms with Gasteiger partial charge in [-0.2, -0.15) is 4.31 Å². The van der Waals surface area contributed by atoms with E-state index in [9.17, 15) is 17.6 Å². The first-order chi connectivity index (χ1) is 10.3. The highest BCUT2D eigenvalue weighted by Crippen LogP contribution is 2.19. The van der Waals surface area contributed by atoms with Crippen LogP contribution in [0.5, 0.6) is 0 Å². The Kier molecular flexibility index (Phi) is 4.73. The Morgan fingerprint density at radius 1 is 1.14 bits per heavy atom. The third kappa shape index (κ3) is 3.40. The number of hydrogen-bond donors (Lipinski definition) is 0. The molecule has 0 saturated carbocycles. The van der Waals surface area contributed by atoms with Gasteiger partial charge in [0.1, 0.15) is 5.82 Å². The van der Waals surface area contributed by atoms with Crippen LogP contribution < -0.4 is 0 Å². The molecule has 0 fully saturated rings. The number of Topliss-reactive ketones (excluding diaryl/α,β-unsaturated/α-hetero) is 1. The zero-order valence-corrected chi connectivity index (χ0v) is 13.1. The van der Waals surface area contributed by atoms with Crippen molar-refractivity contribution in [2.75, 3.05) is 7.05 Å². The van der Waals surface area contributed by atoms with Gasteiger partial charge in [-0.05, 0) is 25.1 Å². The first-order valence-electron chi connectivity index (χ1n) is 6.63. The number of halogens is 1. The molecular weight excluding hydrogens is 305 g/mol. The molecule has 0 bridgehead atoms. The van der Waals surface area contributed by atoms with Gasteiger partial charge < -0.3 is 0 Å². The second-order valence-electron chi connectivity index (χ2n) is 4.94. The number of sulfonamides is 1. The van der Waals surface area contributed by atoms with E-state index in [1.807, 2.05) is 0 Å². The van der Waals surface area contributed by atoms with Crippen molar-refractivity contribution >= 4 is 15.8 Å². The highest BCUT2D eigenvalue weighted by atomic mass is 32.2. The highest BCUT2D eigenvalue weighted by molar-refractivity contribution is 7.89. The van der Waals surface area contributed by atoms with Gasteiger partial charge in [0.15, 0.2) is 5.78 Å². The zero-order valence-electron chi connectivity index (χ0n) is 12.3. The van der Waals surface area contributed by atoms with Gasteiger partial charge in [-0.3, -0.25) is 4.79 Å². The lowest BCUT2D eigenvalue weighted by atomic mass is 10.2. The minimum absolute atomic E-state index is 0.0130. The van der Waals surface area contributed by atoms with Crippen LogP contribution in [0.1, 0.15) is 22.8 Å². The van der Waals surface area contributed by atoms with Crippen molar-refractivity contribution in [3.8, 4) is 0 Å². The lowest BCUT2D eigenvalue weighted by Gasteiger charge is -2.18. The number of carbonyl (C=O) groups excluding carboxylic acids is 1. The fourth-order valence-electron chi connectivity index (χ4n) is 2.01. The molecule has 0 amide bonds. The standard InChI is InChI=1S/C16H16FNO3S/c1-12(19)13-7-5-8-15(10-13)22(20,21)18(2)11-14-6-3-4-9-16(14)17/h3-10H,11H2,1-2H3. The molecular formula is C16H16FNO3S. The average molecular weight is 321 g/mol. The molecule has 6 heteroatoms. The molecule has 0 heterocycles. The highest BCUT2D eigenvalue weighted by Gasteiger charge is 2.22. The van der Waals surface area contributed by atoms with Crippen molar-refractivity contribution in [1.29, 1.82) is 0 Å². The maximum absolute atomic E-state index is 13.6. The van der Waals surface area contributed by atoms with E-state index >= 15 is 0 Å². The van der Waals surface area contributed by atoms with E-state index in [0.717, 1.165) is 4.31 Å². The second kappa shape index (κ2) is 6.37. The van der Waals surface area contributed by atoms with Crippen LogP contribution >= 0.6 is 0 Å². The van der Waals surface area contributed by atoms with Crippen LogP contribution in [-0.4, -0.2) is 25.6 Å². The molecule has 0 aliphatic rings. The van der Waals surface area contributed by atoms with Crippen molar-refractivity contribution in [2.24, 2.45) is 0 Å². The Balaban J connectivity index is 2.32. The van der Waals surface area contributed by atoms with Gasteiger partial charge >= 0.3 is 0 Å². The fraction of sp³-hybridized carbons (Fsp3) is 0.188. The van der Waals surface area contributed by atoms with Crippen LogP contribution in [0.4, 0.5) is 4.39 Å². The normalized spacial score (nSPS) is 11.6. The van der Waals surface area contributed by atoms with Crippen LogP contribution in [0.3, 0.4) is 0 Å². The predicted octanol–water partition coefficient (Wildman–Crippen LogP) is 2.85. The zero-order chi connectivity index (χ0) is 16.3. The third-order valence-corrected chi connectivity index (χ3v) is 5.10. The summed E-state index contributed by atoms with van der Waals surface area (Å²) in [6, 6.07) is 11.8. The Hall–Kier alpha value is -2.05. The molecule has 2 rings (SSSR count). The number of benzene rings is 2. The first-order valence-corrected chi connectivity index (χ1v) is 8.07. The summed E-state index contributed by atoms with van der Waals surface area (Å²) >= 11 is 0. The van der Waals surface area contributed by atoms with E-state index in [1.165, 1.54) is 44.3 Å². The molecule has 0 radical (unpaired) electrons. The Morgan fingerprint density at radius 3 is 2.45 bits per heavy atom. The smallest absolute Gasteiger partial charge is 0.243 e. The lowest BCUT2D eigenvalue weighted by molar-refractivity contribution is 0.101. The van der Waals surface area contributed by atoms with E-state index in [0.29, 0.717) is 5.56 Å². The maximum atomic E-state index is 13.6. The largest absolute Gasteiger partial charge is 0.295 e. The quantitative estimate of drug-likeness (QED) is 0.796. The van der Waals surface area contributed by atoms with Gasteiger partial charge in [-0.25, -0.2) is 12.8 Å². The Labute approximate surface area is 129 Å². The lowest BCUT2D eigenvalue weighted by Crippen LogP contribution is -2.27. The molecule has 0 atom stereocenters. The summed E-state index contributed by atoms with van der Waals surface area (Å²) in [5.41, 5.74) is 0.608. The van der Waals surface area contributed by atoms with Gasteiger partial charge in [0.25, 0.3) is 0 Å². The molecule has 2 aromatic carbocycles. The van der Waals surface area contributed by atoms with Crippen molar-refractivity contribution in [1.82, 2.24) is 4.31 Å². The number of ketones is 1. The molecule has 0 saturated heterocycles. The van der Waals surface area contributed by atoms with E-state index in [-0.39, 0.29) is 22.8 Å². The molecule has 0 spiro atoms. The van der Waals surface area contributed by atoms with Gasteiger partial charge in [-0.1, -0.05) is 30.3 Å². The van der Waals surface area contributed by atoms with Gasteiger partial charge in [-0.15, -0.1) is 0 Å². The first kappa shape index (κ1) is 16.3. The Morgan fingerprint density at radius 2 is 1.82 bits per heavy atom. The molecule has 4 nitrogen and oxygen atoms in total. The van der Waals surface area contributed by atoms with E-state index in [1.54, 1.807) is 18.2 Å². The summed E-state index contributed by atoms with van der Waals surface area (Å²) < 4.78 is 39.7. The third-order valence-electron chi connectivity index (χ3n) is 3.30. The molecule has 116 valence electrons. The second-order valence-corrected chi connectivity index (χ2v) is 6.98. The maximum Gasteiger partial charge on any atom is 0.243 e. The summed E-state index contributed by atoms with van der Waals surface area (Å²) in [7, 11) is -2.42. The van der Waals surface area contributed by atoms with E-state index < -0.39 is 15.8 Å². The van der Waals surface area contributed by atoms with Gasteiger partial charge in [0.05, 0.1) is 4.90 Å². The molecule has 0 aliphatic heterocycles. The summed E-state index contributed by atoms with van der Waals surface area (Å²) in [5.74, 6) is -0.671. The summed E-state index contributed by atoms with van der Waals surface area (Å²) in [6.45, 7) is 1.29. The molecule has 0 N–H and O–H groups in total. The van der Waals surface area contributed by atoms with Crippen LogP contribution in [0.15, 0.2) is 53.4 Å². The van der Waals surface area contributed by atoms with Crippen LogP contribution in [0.2, 0.25) is 0 Å². The SMILES string of the molecule is CC(=O)c1cccc(S(=O)(=O)N(C)Cc2ccccc2F)c1. The van der Waals surface area contributed by atoms with Crippen molar-refractivity contribution in [3.05, 3.63) is 65.5 Å². The number of carbonyl (C=O) groups is 1. The predicted molar refractivity (Wildman–Crippen MR) is 81.5 cm³/mol. The molecule has 0 aliphatic carbocycles. The Bertz CT molecular complexity index is 803. The van der Waals surface area contributed by atoms with Crippen LogP contribution in [-0.2, 0) is 16.6 Å². The van der Waals surface area contributed by atoms with Crippen molar-refractivity contribution in [3.63, 3.8) is 0 Å². The molecule has 0 aromatic heterocycles. The molecule has 22 heavy (non-hydrogen) atoms. The van der Waals surface area contributed by atoms with Gasteiger partial charge in [0.2, 0.25) is 10.0 Å². The van der Waals surface area contributed by atoms with Gasteiger partial charge in [0, 0.05) is 24.7 Å². The van der Waals surface area contributed by atoms with E-state index in [4.69, 9.17) is 0 Å². The minimum atomic E-state index is -3.80. The summed E-state index contributed by atoms with van der Waals surface area (Å²) in [6.07, 6.45) is 0. The van der Waals surface area contributed by atoms with Crippen LogP contribution in [0.25, 0.3) is 0 Å². The van der Waals surface area contributed by atoms with Crippen molar-refractivity contribution in [2.45, 2.75) is 18.4 Å². The molecule has 0 unspecified atom stereocenters. The topological polar surface area (TPSA) is 54.5 Å². The van der Waals surface area contributed by atoms with Crippen LogP contribution in [0, 0.1) is 5.82 Å². The number of rotatable bonds is 5. The summed E-state index contributed by atoms with van der Waals surface area (Å²) in [5, 5.41) is 0. The van der Waals surface area contributed by atoms with E-state index in [2.05, 4.69) is 0 Å². The summed E-state index contributed by atoms with van der Waals surface area (Å²) in [4.78, 5) is 11.4. The monoisotopic (exact) mass is 321 g/mol. The average Bonchev–Trinajstić information content (AvgIpc) is 2.49.